The van der Waals surface area contributed by atoms with Crippen molar-refractivity contribution in [2.75, 3.05) is 27.3 Å². The number of nitrogens with two attached hydrogens (primary N) is 5. The largest absolute Gasteiger partial charge is 0.480 e. The lowest BCUT2D eigenvalue weighted by molar-refractivity contribution is -0.143. The molecule has 0 unspecified atom stereocenters. The van der Waals surface area contributed by atoms with E-state index in [9.17, 15) is 52.7 Å². The number of carbonyl (C=O) groups excluding carboxylic acids is 8. The first kappa shape index (κ1) is 99.0. The number of aliphatic carboxylic acids is 3. The second-order valence-corrected chi connectivity index (χ2v) is 14.5. The zero-order valence-electron chi connectivity index (χ0n) is 56.0. The molecule has 0 aliphatic rings. The predicted molar refractivity (Wildman–Crippen MR) is 353 cm³/mol. The summed E-state index contributed by atoms with van der Waals surface area (Å²) in [5.41, 5.74) is 26.8. The molecule has 0 aliphatic heterocycles. The van der Waals surface area contributed by atoms with Crippen molar-refractivity contribution >= 4 is 65.3 Å². The molecule has 89 heavy (non-hydrogen) atoms. The predicted octanol–water partition coefficient (Wildman–Crippen LogP) is 7.34. The van der Waals surface area contributed by atoms with Crippen LogP contribution in [0.15, 0.2) is 121 Å². The van der Waals surface area contributed by atoms with Crippen molar-refractivity contribution in [1.82, 2.24) is 21.3 Å². The van der Waals surface area contributed by atoms with Crippen molar-refractivity contribution in [3.63, 3.8) is 0 Å². The third-order valence-electron chi connectivity index (χ3n) is 8.96. The fraction of sp³-hybridized carbons (Fsp3) is 0.453. The normalized spacial score (nSPS) is 10.2. The average Bonchev–Trinajstić information content (AvgIpc) is 3.77. The maximum Gasteiger partial charge on any atom is 0.329 e. The van der Waals surface area contributed by atoms with E-state index in [0.29, 0.717) is 28.7 Å². The molecule has 0 saturated carbocycles. The van der Waals surface area contributed by atoms with E-state index in [4.69, 9.17) is 38.3 Å². The molecule has 25 nitrogen and oxygen atoms in total. The molecule has 0 saturated heterocycles. The summed E-state index contributed by atoms with van der Waals surface area (Å²) in [6.07, 6.45) is -0.242. The highest BCUT2D eigenvalue weighted by molar-refractivity contribution is 5.99. The lowest BCUT2D eigenvalue weighted by atomic mass is 10.1. The van der Waals surface area contributed by atoms with Crippen LogP contribution in [0.1, 0.15) is 178 Å². The zero-order chi connectivity index (χ0) is 71.5. The van der Waals surface area contributed by atoms with Gasteiger partial charge in [-0.05, 0) is 55.0 Å². The first-order valence-corrected chi connectivity index (χ1v) is 29.6. The monoisotopic (exact) mass is 1260 g/mol. The molecule has 0 heterocycles. The molecule has 17 N–H and O–H groups in total. The van der Waals surface area contributed by atoms with E-state index in [-0.39, 0.29) is 31.3 Å². The second-order valence-electron chi connectivity index (χ2n) is 14.5. The maximum atomic E-state index is 11.7. The Morgan fingerprint density at radius 3 is 0.787 bits per heavy atom. The Morgan fingerprint density at radius 2 is 0.596 bits per heavy atom. The highest BCUT2D eigenvalue weighted by atomic mass is 16.5. The summed E-state index contributed by atoms with van der Waals surface area (Å²) in [5.74, 6) is -7.72. The molecule has 4 aromatic rings. The van der Waals surface area contributed by atoms with Crippen LogP contribution < -0.4 is 49.9 Å². The third-order valence-corrected chi connectivity index (χ3v) is 8.96. The maximum absolute atomic E-state index is 11.7. The Morgan fingerprint density at radius 1 is 0.371 bits per heavy atom. The molecule has 0 radical (unpaired) electrons. The van der Waals surface area contributed by atoms with Crippen LogP contribution in [0.3, 0.4) is 0 Å². The molecule has 0 bridgehead atoms. The van der Waals surface area contributed by atoms with Gasteiger partial charge in [0.15, 0.2) is 0 Å². The molecule has 0 aliphatic carbocycles. The van der Waals surface area contributed by atoms with Gasteiger partial charge in [-0.3, -0.25) is 33.6 Å². The number of carboxylic acids is 3. The van der Waals surface area contributed by atoms with Gasteiger partial charge in [0.25, 0.3) is 23.6 Å². The number of esters is 2. The summed E-state index contributed by atoms with van der Waals surface area (Å²) in [5, 5.41) is 35.2. The summed E-state index contributed by atoms with van der Waals surface area (Å²) in [4.78, 5) is 121. The number of carboxylic acid groups (broad SMARTS) is 3. The summed E-state index contributed by atoms with van der Waals surface area (Å²) in [6.45, 7) is 33.7. The number of nitrogens with one attached hydrogen (secondary N) is 4. The first-order valence-electron chi connectivity index (χ1n) is 29.6. The first-order chi connectivity index (χ1) is 42.6. The fourth-order valence-electron chi connectivity index (χ4n) is 5.08. The van der Waals surface area contributed by atoms with Crippen LogP contribution >= 0.6 is 0 Å². The molecule has 4 rings (SSSR count). The second kappa shape index (κ2) is 71.4. The Kier molecular flexibility index (Phi) is 79.4. The summed E-state index contributed by atoms with van der Waals surface area (Å²) in [6, 6.07) is 28.9. The molecule has 4 aromatic carbocycles. The van der Waals surface area contributed by atoms with E-state index in [0.717, 1.165) is 0 Å². The van der Waals surface area contributed by atoms with Crippen LogP contribution in [0.4, 0.5) is 0 Å². The summed E-state index contributed by atoms with van der Waals surface area (Å²) >= 11 is 0. The minimum Gasteiger partial charge on any atom is -0.480 e. The lowest BCUT2D eigenvalue weighted by Gasteiger charge is -2.14. The number of methoxy groups -OCH3 is 2. The van der Waals surface area contributed by atoms with E-state index < -0.39 is 90.1 Å². The Balaban J connectivity index is -0.000000122. The van der Waals surface area contributed by atoms with Gasteiger partial charge in [-0.1, -0.05) is 190 Å². The van der Waals surface area contributed by atoms with E-state index in [1.807, 2.05) is 124 Å². The fourth-order valence-corrected chi connectivity index (χ4v) is 5.08. The van der Waals surface area contributed by atoms with Crippen LogP contribution in [0.5, 0.6) is 0 Å². The van der Waals surface area contributed by atoms with Gasteiger partial charge in [0.05, 0.1) is 27.1 Å². The number of amides is 6. The number of carbonyl (C=O) groups is 11. The van der Waals surface area contributed by atoms with Gasteiger partial charge in [0.2, 0.25) is 11.8 Å². The molecule has 5 atom stereocenters. The molecule has 506 valence electrons. The Labute approximate surface area is 529 Å². The summed E-state index contributed by atoms with van der Waals surface area (Å²) < 4.78 is 9.09. The van der Waals surface area contributed by atoms with Gasteiger partial charge in [0, 0.05) is 35.3 Å². The van der Waals surface area contributed by atoms with Crippen LogP contribution in [0.2, 0.25) is 0 Å². The number of benzene rings is 4. The van der Waals surface area contributed by atoms with Crippen molar-refractivity contribution < 1.29 is 77.5 Å². The standard InChI is InChI=1S/C12H15NO3.C11H12N2O4.C11H14N2O3.C10H12N2O3.C4H8N2O3.8C2H6/c1-3-10(12(15)16-2)13-11(14)9-7-5-4-6-8-9;12-9(14)6-8(11(16)17)13-10(15)7-4-2-1-3-5-7;1-16-11(15)9(7-12)13-10(14)8-5-3-2-4-6-8;11-6-8(10(14)15)12-9(13)7-4-2-1-3-5-7;5-2(4(8)9)1-3(6)7;8*1-2/h4-8,10H,3H2,1-2H3,(H,13,14);1-5,8H,6H2,(H2,12,14)(H,13,15)(H,16,17);2-6,9H,7,12H2,1H3,(H,13,14);1-5,8H,6,11H2,(H,12,13)(H,14,15);2H,1,5H2,(H2,6,7)(H,8,9);8*1-2H3/t10-;8-;9-;8-;2-;;;;;;;;/m00000......../s1. The van der Waals surface area contributed by atoms with E-state index in [1.54, 1.807) is 115 Å². The van der Waals surface area contributed by atoms with E-state index in [2.05, 4.69) is 36.5 Å². The van der Waals surface area contributed by atoms with Gasteiger partial charge < -0.3 is 74.7 Å². The Hall–Kier alpha value is -9.07. The lowest BCUT2D eigenvalue weighted by Crippen LogP contribution is -2.46. The topological polar surface area (TPSA) is 445 Å². The van der Waals surface area contributed by atoms with Crippen molar-refractivity contribution in [2.24, 2.45) is 28.7 Å². The minimum atomic E-state index is -1.31. The minimum absolute atomic E-state index is 0.00521. The number of hydrogen-bond acceptors (Lipinski definition) is 16. The van der Waals surface area contributed by atoms with Gasteiger partial charge in [-0.2, -0.15) is 0 Å². The van der Waals surface area contributed by atoms with Crippen molar-refractivity contribution in [2.45, 2.75) is 167 Å². The average molecular weight is 1260 g/mol. The number of primary amides is 2. The Bertz CT molecular complexity index is 2330. The smallest absolute Gasteiger partial charge is 0.329 e. The van der Waals surface area contributed by atoms with Crippen molar-refractivity contribution in [3.05, 3.63) is 144 Å². The van der Waals surface area contributed by atoms with Gasteiger partial charge in [-0.25, -0.2) is 19.2 Å². The molecular weight excluding hydrogens is 1150 g/mol. The van der Waals surface area contributed by atoms with Crippen LogP contribution in [-0.2, 0) is 43.0 Å². The van der Waals surface area contributed by atoms with Crippen LogP contribution in [0.25, 0.3) is 0 Å². The molecular formula is C64H109N9O16. The van der Waals surface area contributed by atoms with Crippen LogP contribution in [0, 0.1) is 0 Å². The van der Waals surface area contributed by atoms with E-state index in [1.165, 1.54) is 14.2 Å². The number of rotatable bonds is 20. The van der Waals surface area contributed by atoms with Crippen LogP contribution in [-0.4, -0.2) is 138 Å². The van der Waals surface area contributed by atoms with Crippen molar-refractivity contribution in [3.8, 4) is 0 Å². The quantitative estimate of drug-likeness (QED) is 0.0385. The van der Waals surface area contributed by atoms with Gasteiger partial charge >= 0.3 is 29.8 Å². The molecule has 0 aromatic heterocycles. The summed E-state index contributed by atoms with van der Waals surface area (Å²) in [7, 11) is 2.55. The number of hydrogen-bond donors (Lipinski definition) is 12. The van der Waals surface area contributed by atoms with Crippen molar-refractivity contribution in [1.29, 1.82) is 0 Å². The molecule has 0 fully saturated rings. The highest BCUT2D eigenvalue weighted by Crippen LogP contribution is 2.04. The molecule has 6 amide bonds. The molecule has 0 spiro atoms. The van der Waals surface area contributed by atoms with E-state index >= 15 is 0 Å². The third kappa shape index (κ3) is 54.1. The highest BCUT2D eigenvalue weighted by Gasteiger charge is 2.24. The SMILES string of the molecule is CC.CC.CC.CC.CC.CC.CC.CC.CC[C@H](NC(=O)c1ccccc1)C(=O)OC.COC(=O)[C@H](CN)NC(=O)c1ccccc1.NC(=O)C[C@H](N)C(=O)O.NC(=O)C[C@H](NC(=O)c1ccccc1)C(=O)O.NC[C@H](NC(=O)c1ccccc1)C(=O)O. The van der Waals surface area contributed by atoms with Gasteiger partial charge in [0.1, 0.15) is 30.2 Å². The molecule has 25 heteroatoms. The van der Waals surface area contributed by atoms with Gasteiger partial charge in [-0.15, -0.1) is 0 Å². The zero-order valence-corrected chi connectivity index (χ0v) is 56.0. The number of ether oxygens (including phenoxy) is 2.